The fraction of sp³-hybridized carbons (Fsp3) is 0.933. The molecule has 2 atom stereocenters. The number of aliphatic carboxylic acids is 1. The van der Waals surface area contributed by atoms with E-state index in [2.05, 4.69) is 12.2 Å². The lowest BCUT2D eigenvalue weighted by atomic mass is 9.82. The summed E-state index contributed by atoms with van der Waals surface area (Å²) in [6.07, 6.45) is 7.59. The van der Waals surface area contributed by atoms with Crippen molar-refractivity contribution < 1.29 is 14.6 Å². The van der Waals surface area contributed by atoms with Gasteiger partial charge in [0.1, 0.15) is 0 Å². The molecule has 1 heterocycles. The van der Waals surface area contributed by atoms with Gasteiger partial charge in [-0.1, -0.05) is 6.92 Å². The number of nitrogens with one attached hydrogen (secondary N) is 1. The number of hydrogen-bond acceptors (Lipinski definition) is 3. The standard InChI is InChI=1S/C15H27NO3/c1-2-14-9-13(7-8-19-14)16-10-11-3-5-12(6-4-11)15(17)18/h11-14,16H,2-10H2,1H3,(H,17,18). The van der Waals surface area contributed by atoms with Crippen LogP contribution in [0.4, 0.5) is 0 Å². The van der Waals surface area contributed by atoms with Gasteiger partial charge in [-0.25, -0.2) is 0 Å². The number of carboxylic acid groups (broad SMARTS) is 1. The molecule has 0 aromatic rings. The minimum Gasteiger partial charge on any atom is -0.481 e. The maximum atomic E-state index is 10.9. The van der Waals surface area contributed by atoms with Crippen LogP contribution in [0.1, 0.15) is 51.9 Å². The molecule has 0 amide bonds. The van der Waals surface area contributed by atoms with E-state index < -0.39 is 5.97 Å². The van der Waals surface area contributed by atoms with Crippen LogP contribution in [0.3, 0.4) is 0 Å². The average Bonchev–Trinajstić information content (AvgIpc) is 2.46. The van der Waals surface area contributed by atoms with Gasteiger partial charge >= 0.3 is 5.97 Å². The molecule has 2 unspecified atom stereocenters. The topological polar surface area (TPSA) is 58.6 Å². The van der Waals surface area contributed by atoms with Crippen molar-refractivity contribution in [3.63, 3.8) is 0 Å². The van der Waals surface area contributed by atoms with Crippen molar-refractivity contribution >= 4 is 5.97 Å². The van der Waals surface area contributed by atoms with E-state index >= 15 is 0 Å². The van der Waals surface area contributed by atoms with Crippen LogP contribution in [0.15, 0.2) is 0 Å². The Labute approximate surface area is 115 Å². The summed E-state index contributed by atoms with van der Waals surface area (Å²) in [5.41, 5.74) is 0. The van der Waals surface area contributed by atoms with E-state index in [1.54, 1.807) is 0 Å². The second kappa shape index (κ2) is 7.25. The molecule has 2 rings (SSSR count). The molecule has 0 spiro atoms. The molecule has 1 saturated carbocycles. The van der Waals surface area contributed by atoms with Crippen LogP contribution >= 0.6 is 0 Å². The fourth-order valence-electron chi connectivity index (χ4n) is 3.30. The Morgan fingerprint density at radius 1 is 1.26 bits per heavy atom. The van der Waals surface area contributed by atoms with Crippen LogP contribution < -0.4 is 5.32 Å². The third kappa shape index (κ3) is 4.46. The smallest absolute Gasteiger partial charge is 0.306 e. The van der Waals surface area contributed by atoms with Crippen molar-refractivity contribution in [2.75, 3.05) is 13.2 Å². The maximum Gasteiger partial charge on any atom is 0.306 e. The number of carbonyl (C=O) groups is 1. The maximum absolute atomic E-state index is 10.9. The van der Waals surface area contributed by atoms with Crippen LogP contribution in [-0.2, 0) is 9.53 Å². The van der Waals surface area contributed by atoms with Crippen molar-refractivity contribution in [1.29, 1.82) is 0 Å². The van der Waals surface area contributed by atoms with Crippen LogP contribution in [0.25, 0.3) is 0 Å². The molecular formula is C15H27NO3. The highest BCUT2D eigenvalue weighted by molar-refractivity contribution is 5.69. The van der Waals surface area contributed by atoms with Crippen molar-refractivity contribution in [3.8, 4) is 0 Å². The normalized spacial score (nSPS) is 36.1. The Morgan fingerprint density at radius 3 is 2.63 bits per heavy atom. The zero-order valence-corrected chi connectivity index (χ0v) is 11.9. The first-order valence-corrected chi connectivity index (χ1v) is 7.76. The zero-order valence-electron chi connectivity index (χ0n) is 11.9. The van der Waals surface area contributed by atoms with Crippen LogP contribution in [0.5, 0.6) is 0 Å². The summed E-state index contributed by atoms with van der Waals surface area (Å²) in [4.78, 5) is 10.9. The zero-order chi connectivity index (χ0) is 13.7. The molecule has 4 nitrogen and oxygen atoms in total. The highest BCUT2D eigenvalue weighted by atomic mass is 16.5. The third-order valence-electron chi connectivity index (χ3n) is 4.71. The van der Waals surface area contributed by atoms with Crippen molar-refractivity contribution in [2.45, 2.75) is 64.0 Å². The summed E-state index contributed by atoms with van der Waals surface area (Å²) >= 11 is 0. The van der Waals surface area contributed by atoms with Gasteiger partial charge in [0.2, 0.25) is 0 Å². The first kappa shape index (κ1) is 14.8. The van der Waals surface area contributed by atoms with E-state index in [9.17, 15) is 4.79 Å². The van der Waals surface area contributed by atoms with Crippen molar-refractivity contribution in [2.24, 2.45) is 11.8 Å². The molecular weight excluding hydrogens is 242 g/mol. The highest BCUT2D eigenvalue weighted by Gasteiger charge is 2.27. The third-order valence-corrected chi connectivity index (χ3v) is 4.71. The van der Waals surface area contributed by atoms with Crippen LogP contribution in [-0.4, -0.2) is 36.4 Å². The largest absolute Gasteiger partial charge is 0.481 e. The minimum atomic E-state index is -0.610. The van der Waals surface area contributed by atoms with E-state index in [1.807, 2.05) is 0 Å². The van der Waals surface area contributed by atoms with Gasteiger partial charge in [-0.15, -0.1) is 0 Å². The molecule has 2 N–H and O–H groups in total. The molecule has 110 valence electrons. The molecule has 0 bridgehead atoms. The highest BCUT2D eigenvalue weighted by Crippen LogP contribution is 2.28. The summed E-state index contributed by atoms with van der Waals surface area (Å²) in [7, 11) is 0. The lowest BCUT2D eigenvalue weighted by molar-refractivity contribution is -0.143. The average molecular weight is 269 g/mol. The molecule has 19 heavy (non-hydrogen) atoms. The lowest BCUT2D eigenvalue weighted by Crippen LogP contribution is -2.41. The Hall–Kier alpha value is -0.610. The van der Waals surface area contributed by atoms with Crippen molar-refractivity contribution in [1.82, 2.24) is 5.32 Å². The van der Waals surface area contributed by atoms with Gasteiger partial charge in [-0.05, 0) is 57.4 Å². The first-order chi connectivity index (χ1) is 9.19. The van der Waals surface area contributed by atoms with E-state index in [4.69, 9.17) is 9.84 Å². The Balaban J connectivity index is 1.65. The van der Waals surface area contributed by atoms with E-state index in [-0.39, 0.29) is 5.92 Å². The van der Waals surface area contributed by atoms with E-state index in [0.29, 0.717) is 18.1 Å². The van der Waals surface area contributed by atoms with Gasteiger partial charge in [-0.2, -0.15) is 0 Å². The predicted octanol–water partition coefficient (Wildman–Crippen LogP) is 2.42. The molecule has 1 saturated heterocycles. The number of rotatable bonds is 5. The summed E-state index contributed by atoms with van der Waals surface area (Å²) in [5.74, 6) is -0.0380. The van der Waals surface area contributed by atoms with E-state index in [0.717, 1.165) is 58.1 Å². The van der Waals surface area contributed by atoms with Crippen molar-refractivity contribution in [3.05, 3.63) is 0 Å². The Morgan fingerprint density at radius 2 is 2.00 bits per heavy atom. The minimum absolute atomic E-state index is 0.0937. The van der Waals surface area contributed by atoms with Gasteiger partial charge in [0.15, 0.2) is 0 Å². The summed E-state index contributed by atoms with van der Waals surface area (Å²) in [6.45, 7) is 4.11. The molecule has 0 aromatic heterocycles. The SMILES string of the molecule is CCC1CC(NCC2CCC(C(=O)O)CC2)CCO1. The van der Waals surface area contributed by atoms with E-state index in [1.165, 1.54) is 0 Å². The first-order valence-electron chi connectivity index (χ1n) is 7.76. The van der Waals surface area contributed by atoms with Gasteiger partial charge in [-0.3, -0.25) is 4.79 Å². The number of ether oxygens (including phenoxy) is 1. The van der Waals surface area contributed by atoms with Crippen LogP contribution in [0, 0.1) is 11.8 Å². The molecule has 2 fully saturated rings. The Bertz CT molecular complexity index is 287. The monoisotopic (exact) mass is 269 g/mol. The second-order valence-corrected chi connectivity index (χ2v) is 6.09. The molecule has 1 aliphatic carbocycles. The molecule has 2 aliphatic rings. The van der Waals surface area contributed by atoms with Gasteiger partial charge in [0, 0.05) is 12.6 Å². The predicted molar refractivity (Wildman–Crippen MR) is 74.1 cm³/mol. The lowest BCUT2D eigenvalue weighted by Gasteiger charge is -2.32. The van der Waals surface area contributed by atoms with Gasteiger partial charge < -0.3 is 15.2 Å². The summed E-state index contributed by atoms with van der Waals surface area (Å²) < 4.78 is 5.68. The van der Waals surface area contributed by atoms with Crippen LogP contribution in [0.2, 0.25) is 0 Å². The quantitative estimate of drug-likeness (QED) is 0.805. The molecule has 4 heteroatoms. The van der Waals surface area contributed by atoms with Gasteiger partial charge in [0.05, 0.1) is 12.0 Å². The molecule has 0 aromatic carbocycles. The second-order valence-electron chi connectivity index (χ2n) is 6.09. The number of carboxylic acids is 1. The number of hydrogen-bond donors (Lipinski definition) is 2. The fourth-order valence-corrected chi connectivity index (χ4v) is 3.30. The summed E-state index contributed by atoms with van der Waals surface area (Å²) in [5, 5.41) is 12.7. The van der Waals surface area contributed by atoms with Gasteiger partial charge in [0.25, 0.3) is 0 Å². The summed E-state index contributed by atoms with van der Waals surface area (Å²) in [6, 6.07) is 0.593. The molecule has 0 radical (unpaired) electrons. The Kier molecular flexibility index (Phi) is 5.64. The molecule has 1 aliphatic heterocycles.